The van der Waals surface area contributed by atoms with Crippen molar-refractivity contribution in [1.29, 1.82) is 0 Å². The summed E-state index contributed by atoms with van der Waals surface area (Å²) in [5.74, 6) is 0. The number of nitrogens with zero attached hydrogens (tertiary/aromatic N) is 3. The standard InChI is InChI=1S/C17H20N4O2/c1-17(2,3)23-16(22)20-13-7-5-6-12-14-11(8-18-10-19-14)9-21(4)15(12)13/h5-8,10H,9H2,1-4H3,(H,20,22). The Morgan fingerprint density at radius 1 is 1.35 bits per heavy atom. The number of benzene rings is 1. The van der Waals surface area contributed by atoms with Gasteiger partial charge in [-0.2, -0.15) is 0 Å². The molecule has 0 bridgehead atoms. The third-order valence-corrected chi connectivity index (χ3v) is 3.50. The van der Waals surface area contributed by atoms with Gasteiger partial charge in [0.15, 0.2) is 0 Å². The maximum Gasteiger partial charge on any atom is 0.412 e. The van der Waals surface area contributed by atoms with Gasteiger partial charge in [0.2, 0.25) is 0 Å². The van der Waals surface area contributed by atoms with Gasteiger partial charge < -0.3 is 9.64 Å². The number of amides is 1. The van der Waals surface area contributed by atoms with Crippen LogP contribution < -0.4 is 10.2 Å². The van der Waals surface area contributed by atoms with Crippen LogP contribution in [0, 0.1) is 0 Å². The van der Waals surface area contributed by atoms with Crippen LogP contribution in [0.5, 0.6) is 0 Å². The fourth-order valence-corrected chi connectivity index (χ4v) is 2.71. The zero-order valence-corrected chi connectivity index (χ0v) is 13.8. The molecule has 3 rings (SSSR count). The maximum absolute atomic E-state index is 12.1. The van der Waals surface area contributed by atoms with Gasteiger partial charge in [-0.3, -0.25) is 5.32 Å². The lowest BCUT2D eigenvalue weighted by atomic mass is 9.98. The fraction of sp³-hybridized carbons (Fsp3) is 0.353. The minimum absolute atomic E-state index is 0.465. The highest BCUT2D eigenvalue weighted by molar-refractivity contribution is 5.96. The van der Waals surface area contributed by atoms with Crippen LogP contribution in [0.1, 0.15) is 26.3 Å². The summed E-state index contributed by atoms with van der Waals surface area (Å²) in [6.07, 6.45) is 2.91. The molecule has 0 saturated carbocycles. The van der Waals surface area contributed by atoms with E-state index in [4.69, 9.17) is 4.74 Å². The van der Waals surface area contributed by atoms with E-state index in [1.807, 2.05) is 52.2 Å². The quantitative estimate of drug-likeness (QED) is 0.873. The second kappa shape index (κ2) is 5.53. The van der Waals surface area contributed by atoms with Crippen molar-refractivity contribution in [1.82, 2.24) is 9.97 Å². The summed E-state index contributed by atoms with van der Waals surface area (Å²) >= 11 is 0. The first-order chi connectivity index (χ1) is 10.8. The van der Waals surface area contributed by atoms with E-state index in [1.54, 1.807) is 6.33 Å². The predicted molar refractivity (Wildman–Crippen MR) is 89.4 cm³/mol. The Morgan fingerprint density at radius 2 is 2.13 bits per heavy atom. The number of hydrogen-bond acceptors (Lipinski definition) is 5. The van der Waals surface area contributed by atoms with E-state index in [9.17, 15) is 4.79 Å². The Labute approximate surface area is 135 Å². The highest BCUT2D eigenvalue weighted by Gasteiger charge is 2.25. The predicted octanol–water partition coefficient (Wildman–Crippen LogP) is 3.44. The molecular formula is C17H20N4O2. The van der Waals surface area contributed by atoms with E-state index in [0.29, 0.717) is 12.2 Å². The first-order valence-corrected chi connectivity index (χ1v) is 7.48. The van der Waals surface area contributed by atoms with E-state index in [0.717, 1.165) is 22.5 Å². The molecule has 6 nitrogen and oxygen atoms in total. The molecule has 120 valence electrons. The van der Waals surface area contributed by atoms with Gasteiger partial charge in [-0.1, -0.05) is 12.1 Å². The van der Waals surface area contributed by atoms with Crippen LogP contribution in [-0.4, -0.2) is 28.7 Å². The zero-order valence-electron chi connectivity index (χ0n) is 13.8. The van der Waals surface area contributed by atoms with Crippen LogP contribution >= 0.6 is 0 Å². The monoisotopic (exact) mass is 312 g/mol. The van der Waals surface area contributed by atoms with E-state index >= 15 is 0 Å². The summed E-state index contributed by atoms with van der Waals surface area (Å²) in [4.78, 5) is 22.6. The van der Waals surface area contributed by atoms with Crippen LogP contribution in [0.25, 0.3) is 11.3 Å². The summed E-state index contributed by atoms with van der Waals surface area (Å²) in [5, 5.41) is 2.84. The van der Waals surface area contributed by atoms with Crippen molar-refractivity contribution in [3.05, 3.63) is 36.3 Å². The van der Waals surface area contributed by atoms with Crippen molar-refractivity contribution < 1.29 is 9.53 Å². The number of carbonyl (C=O) groups is 1. The normalized spacial score (nSPS) is 13.1. The molecule has 1 N–H and O–H groups in total. The van der Waals surface area contributed by atoms with Gasteiger partial charge in [0.05, 0.1) is 17.1 Å². The molecule has 1 aliphatic heterocycles. The van der Waals surface area contributed by atoms with Gasteiger partial charge in [-0.25, -0.2) is 14.8 Å². The lowest BCUT2D eigenvalue weighted by Gasteiger charge is -2.30. The van der Waals surface area contributed by atoms with Gasteiger partial charge in [0.25, 0.3) is 0 Å². The van der Waals surface area contributed by atoms with Crippen LogP contribution in [0.3, 0.4) is 0 Å². The molecule has 0 spiro atoms. The molecule has 6 heteroatoms. The Bertz CT molecular complexity index is 752. The molecule has 1 amide bonds. The zero-order chi connectivity index (χ0) is 16.6. The largest absolute Gasteiger partial charge is 0.444 e. The molecule has 2 heterocycles. The number of carbonyl (C=O) groups excluding carboxylic acids is 1. The topological polar surface area (TPSA) is 67.4 Å². The molecule has 0 aliphatic carbocycles. The maximum atomic E-state index is 12.1. The highest BCUT2D eigenvalue weighted by Crippen LogP contribution is 2.41. The number of ether oxygens (including phenoxy) is 1. The molecule has 0 saturated heterocycles. The van der Waals surface area contributed by atoms with E-state index in [2.05, 4.69) is 20.2 Å². The van der Waals surface area contributed by atoms with Gasteiger partial charge in [-0.05, 0) is 26.8 Å². The summed E-state index contributed by atoms with van der Waals surface area (Å²) in [7, 11) is 1.98. The number of para-hydroxylation sites is 1. The van der Waals surface area contributed by atoms with Crippen molar-refractivity contribution in [3.8, 4) is 11.3 Å². The van der Waals surface area contributed by atoms with E-state index < -0.39 is 11.7 Å². The number of anilines is 2. The molecule has 2 aromatic rings. The minimum atomic E-state index is -0.537. The van der Waals surface area contributed by atoms with Gasteiger partial charge in [-0.15, -0.1) is 0 Å². The molecule has 1 aromatic carbocycles. The molecule has 0 radical (unpaired) electrons. The Morgan fingerprint density at radius 3 is 2.87 bits per heavy atom. The van der Waals surface area contributed by atoms with Gasteiger partial charge in [0, 0.05) is 30.9 Å². The fourth-order valence-electron chi connectivity index (χ4n) is 2.71. The average molecular weight is 312 g/mol. The molecule has 23 heavy (non-hydrogen) atoms. The number of fused-ring (bicyclic) bond motifs is 3. The van der Waals surface area contributed by atoms with Crippen molar-refractivity contribution in [2.75, 3.05) is 17.3 Å². The number of aromatic nitrogens is 2. The molecule has 0 atom stereocenters. The summed E-state index contributed by atoms with van der Waals surface area (Å²) in [6.45, 7) is 6.21. The second-order valence-corrected chi connectivity index (χ2v) is 6.58. The SMILES string of the molecule is CN1Cc2cncnc2-c2cccc(NC(=O)OC(C)(C)C)c21. The van der Waals surface area contributed by atoms with E-state index in [-0.39, 0.29) is 0 Å². The van der Waals surface area contributed by atoms with Crippen molar-refractivity contribution in [3.63, 3.8) is 0 Å². The van der Waals surface area contributed by atoms with E-state index in [1.165, 1.54) is 0 Å². The lowest BCUT2D eigenvalue weighted by molar-refractivity contribution is 0.0636. The third kappa shape index (κ3) is 3.11. The van der Waals surface area contributed by atoms with Crippen molar-refractivity contribution >= 4 is 17.5 Å². The Kier molecular flexibility index (Phi) is 3.67. The summed E-state index contributed by atoms with van der Waals surface area (Å²) < 4.78 is 5.34. The number of hydrogen-bond donors (Lipinski definition) is 1. The number of nitrogens with one attached hydrogen (secondary N) is 1. The summed E-state index contributed by atoms with van der Waals surface area (Å²) in [5.41, 5.74) is 4.06. The Balaban J connectivity index is 1.98. The van der Waals surface area contributed by atoms with Crippen LogP contribution in [0.4, 0.5) is 16.2 Å². The van der Waals surface area contributed by atoms with Crippen LogP contribution in [0.2, 0.25) is 0 Å². The summed E-state index contributed by atoms with van der Waals surface area (Å²) in [6, 6.07) is 5.76. The number of rotatable bonds is 1. The molecule has 1 aliphatic rings. The first kappa shape index (κ1) is 15.3. The minimum Gasteiger partial charge on any atom is -0.444 e. The van der Waals surface area contributed by atoms with Gasteiger partial charge >= 0.3 is 6.09 Å². The van der Waals surface area contributed by atoms with Crippen molar-refractivity contribution in [2.45, 2.75) is 32.9 Å². The lowest BCUT2D eigenvalue weighted by Crippen LogP contribution is -2.29. The average Bonchev–Trinajstić information content (AvgIpc) is 2.45. The second-order valence-electron chi connectivity index (χ2n) is 6.58. The molecule has 0 fully saturated rings. The van der Waals surface area contributed by atoms with Crippen LogP contribution in [-0.2, 0) is 11.3 Å². The Hall–Kier alpha value is -2.63. The van der Waals surface area contributed by atoms with Gasteiger partial charge in [0.1, 0.15) is 11.9 Å². The first-order valence-electron chi connectivity index (χ1n) is 7.48. The molecule has 0 unspecified atom stereocenters. The molecule has 1 aromatic heterocycles. The smallest absolute Gasteiger partial charge is 0.412 e. The van der Waals surface area contributed by atoms with Crippen LogP contribution in [0.15, 0.2) is 30.7 Å². The third-order valence-electron chi connectivity index (χ3n) is 3.50. The highest BCUT2D eigenvalue weighted by atomic mass is 16.6. The molecular weight excluding hydrogens is 292 g/mol. The van der Waals surface area contributed by atoms with Crippen molar-refractivity contribution in [2.24, 2.45) is 0 Å².